The zero-order chi connectivity index (χ0) is 12.1. The second-order valence-electron chi connectivity index (χ2n) is 5.38. The van der Waals surface area contributed by atoms with Crippen LogP contribution in [0.25, 0.3) is 10.9 Å². The van der Waals surface area contributed by atoms with E-state index in [0.717, 1.165) is 25.8 Å². The maximum Gasteiger partial charge on any atom is 0.146 e. The van der Waals surface area contributed by atoms with Crippen LogP contribution in [0.2, 0.25) is 0 Å². The van der Waals surface area contributed by atoms with E-state index in [-0.39, 0.29) is 0 Å². The van der Waals surface area contributed by atoms with Gasteiger partial charge in [-0.25, -0.2) is 0 Å². The largest absolute Gasteiger partial charge is 0.357 e. The number of carbonyl (C=O) groups is 1. The molecule has 1 N–H and O–H groups in total. The van der Waals surface area contributed by atoms with Gasteiger partial charge in [0.05, 0.1) is 12.6 Å². The molecule has 4 rings (SSSR count). The molecule has 1 atom stereocenters. The molecule has 1 fully saturated rings. The maximum absolute atomic E-state index is 11.6. The van der Waals surface area contributed by atoms with Gasteiger partial charge in [0.2, 0.25) is 0 Å². The molecule has 0 saturated carbocycles. The summed E-state index contributed by atoms with van der Waals surface area (Å²) in [5.74, 6) is 0.394. The van der Waals surface area contributed by atoms with E-state index in [0.29, 0.717) is 18.4 Å². The molecule has 0 radical (unpaired) electrons. The summed E-state index contributed by atoms with van der Waals surface area (Å²) in [5.41, 5.74) is 4.07. The monoisotopic (exact) mass is 240 g/mol. The summed E-state index contributed by atoms with van der Waals surface area (Å²) in [7, 11) is 0. The number of hydrogen-bond acceptors (Lipinski definition) is 2. The first-order valence-corrected chi connectivity index (χ1v) is 6.68. The zero-order valence-corrected chi connectivity index (χ0v) is 10.3. The number of H-pyrrole nitrogens is 1. The number of rotatable bonds is 0. The highest BCUT2D eigenvalue weighted by atomic mass is 16.1. The van der Waals surface area contributed by atoms with Crippen molar-refractivity contribution in [3.63, 3.8) is 0 Å². The molecule has 3 heteroatoms. The standard InChI is InChI=1S/C15H16N2O/c18-10-5-6-14-15-12(7-8-17(14)9-10)11-3-1-2-4-13(11)16-15/h1-4,14,16H,5-9H2. The Bertz CT molecular complexity index is 628. The molecule has 2 aliphatic heterocycles. The molecule has 1 saturated heterocycles. The van der Waals surface area contributed by atoms with Crippen LogP contribution in [0.15, 0.2) is 24.3 Å². The lowest BCUT2D eigenvalue weighted by molar-refractivity contribution is -0.123. The van der Waals surface area contributed by atoms with Crippen LogP contribution >= 0.6 is 0 Å². The van der Waals surface area contributed by atoms with E-state index in [1.807, 2.05) is 0 Å². The van der Waals surface area contributed by atoms with Gasteiger partial charge in [0, 0.05) is 29.6 Å². The summed E-state index contributed by atoms with van der Waals surface area (Å²) < 4.78 is 0. The number of para-hydroxylation sites is 1. The average Bonchev–Trinajstić information content (AvgIpc) is 2.77. The summed E-state index contributed by atoms with van der Waals surface area (Å²) >= 11 is 0. The van der Waals surface area contributed by atoms with Gasteiger partial charge >= 0.3 is 0 Å². The molecule has 3 nitrogen and oxygen atoms in total. The second kappa shape index (κ2) is 3.69. The lowest BCUT2D eigenvalue weighted by Crippen LogP contribution is -2.42. The number of ketones is 1. The van der Waals surface area contributed by atoms with Gasteiger partial charge in [0.15, 0.2) is 0 Å². The normalized spacial score (nSPS) is 24.0. The van der Waals surface area contributed by atoms with E-state index >= 15 is 0 Å². The van der Waals surface area contributed by atoms with Gasteiger partial charge in [-0.3, -0.25) is 9.69 Å². The topological polar surface area (TPSA) is 36.1 Å². The summed E-state index contributed by atoms with van der Waals surface area (Å²) in [4.78, 5) is 17.5. The molecular formula is C15H16N2O. The minimum Gasteiger partial charge on any atom is -0.357 e. The molecule has 1 unspecified atom stereocenters. The predicted octanol–water partition coefficient (Wildman–Crippen LogP) is 2.43. The lowest BCUT2D eigenvalue weighted by Gasteiger charge is -2.38. The van der Waals surface area contributed by atoms with Crippen LogP contribution in [-0.2, 0) is 11.2 Å². The fourth-order valence-corrected chi connectivity index (χ4v) is 3.49. The number of benzene rings is 1. The zero-order valence-electron chi connectivity index (χ0n) is 10.3. The third-order valence-electron chi connectivity index (χ3n) is 4.35. The van der Waals surface area contributed by atoms with E-state index in [2.05, 4.69) is 34.1 Å². The number of piperidine rings is 1. The SMILES string of the molecule is O=C1CCC2c3[nH]c4ccccc4c3CCN2C1. The second-order valence-corrected chi connectivity index (χ2v) is 5.38. The Labute approximate surface area is 106 Å². The minimum absolute atomic E-state index is 0.394. The van der Waals surface area contributed by atoms with Gasteiger partial charge < -0.3 is 4.98 Å². The number of carbonyl (C=O) groups excluding carboxylic acids is 1. The van der Waals surface area contributed by atoms with Crippen molar-refractivity contribution in [2.75, 3.05) is 13.1 Å². The van der Waals surface area contributed by atoms with Crippen molar-refractivity contribution in [2.24, 2.45) is 0 Å². The van der Waals surface area contributed by atoms with Crippen LogP contribution in [-0.4, -0.2) is 28.8 Å². The quantitative estimate of drug-likeness (QED) is 0.767. The third-order valence-corrected chi connectivity index (χ3v) is 4.35. The van der Waals surface area contributed by atoms with Crippen LogP contribution in [0.3, 0.4) is 0 Å². The van der Waals surface area contributed by atoms with Crippen molar-refractivity contribution in [1.82, 2.24) is 9.88 Å². The number of hydrogen-bond donors (Lipinski definition) is 1. The molecule has 3 heterocycles. The summed E-state index contributed by atoms with van der Waals surface area (Å²) in [6.07, 6.45) is 2.76. The van der Waals surface area contributed by atoms with Crippen molar-refractivity contribution in [1.29, 1.82) is 0 Å². The van der Waals surface area contributed by atoms with Crippen LogP contribution in [0.5, 0.6) is 0 Å². The number of Topliss-reactive ketones (excluding diaryl/α,β-unsaturated/α-hetero) is 1. The number of aromatic nitrogens is 1. The highest BCUT2D eigenvalue weighted by molar-refractivity contribution is 5.86. The molecule has 1 aromatic heterocycles. The van der Waals surface area contributed by atoms with Gasteiger partial charge in [0.25, 0.3) is 0 Å². The fraction of sp³-hybridized carbons (Fsp3) is 0.400. The van der Waals surface area contributed by atoms with Crippen molar-refractivity contribution in [2.45, 2.75) is 25.3 Å². The third kappa shape index (κ3) is 1.37. The van der Waals surface area contributed by atoms with E-state index in [9.17, 15) is 4.79 Å². The Morgan fingerprint density at radius 1 is 1.22 bits per heavy atom. The summed E-state index contributed by atoms with van der Waals surface area (Å²) in [6.45, 7) is 1.66. The Balaban J connectivity index is 1.85. The predicted molar refractivity (Wildman–Crippen MR) is 70.6 cm³/mol. The van der Waals surface area contributed by atoms with Crippen LogP contribution in [0.1, 0.15) is 30.1 Å². The summed E-state index contributed by atoms with van der Waals surface area (Å²) in [5, 5.41) is 1.36. The van der Waals surface area contributed by atoms with Gasteiger partial charge in [-0.05, 0) is 24.5 Å². The van der Waals surface area contributed by atoms with Gasteiger partial charge in [-0.15, -0.1) is 0 Å². The molecule has 0 spiro atoms. The van der Waals surface area contributed by atoms with Crippen molar-refractivity contribution >= 4 is 16.7 Å². The molecule has 92 valence electrons. The number of aromatic amines is 1. The Morgan fingerprint density at radius 3 is 3.06 bits per heavy atom. The highest BCUT2D eigenvalue weighted by Gasteiger charge is 2.34. The number of nitrogens with one attached hydrogen (secondary N) is 1. The molecule has 18 heavy (non-hydrogen) atoms. The smallest absolute Gasteiger partial charge is 0.146 e. The van der Waals surface area contributed by atoms with Gasteiger partial charge in [-0.1, -0.05) is 18.2 Å². The molecule has 0 aliphatic carbocycles. The summed E-state index contributed by atoms with van der Waals surface area (Å²) in [6, 6.07) is 8.96. The highest BCUT2D eigenvalue weighted by Crippen LogP contribution is 2.38. The Hall–Kier alpha value is -1.61. The van der Waals surface area contributed by atoms with Crippen molar-refractivity contribution < 1.29 is 4.79 Å². The van der Waals surface area contributed by atoms with Crippen molar-refractivity contribution in [3.05, 3.63) is 35.5 Å². The van der Waals surface area contributed by atoms with Crippen molar-refractivity contribution in [3.8, 4) is 0 Å². The molecule has 2 aliphatic rings. The Kier molecular flexibility index (Phi) is 2.12. The first-order valence-electron chi connectivity index (χ1n) is 6.68. The lowest BCUT2D eigenvalue weighted by atomic mass is 9.90. The van der Waals surface area contributed by atoms with Crippen LogP contribution in [0, 0.1) is 0 Å². The van der Waals surface area contributed by atoms with Crippen LogP contribution in [0.4, 0.5) is 0 Å². The molecule has 1 aromatic carbocycles. The van der Waals surface area contributed by atoms with E-state index < -0.39 is 0 Å². The first-order chi connectivity index (χ1) is 8.83. The first kappa shape index (κ1) is 10.3. The fourth-order valence-electron chi connectivity index (χ4n) is 3.49. The molecule has 2 aromatic rings. The molecule has 0 amide bonds. The Morgan fingerprint density at radius 2 is 2.11 bits per heavy atom. The van der Waals surface area contributed by atoms with Gasteiger partial charge in [0.1, 0.15) is 5.78 Å². The molecule has 0 bridgehead atoms. The minimum atomic E-state index is 0.394. The van der Waals surface area contributed by atoms with Gasteiger partial charge in [-0.2, -0.15) is 0 Å². The van der Waals surface area contributed by atoms with E-state index in [4.69, 9.17) is 0 Å². The average molecular weight is 240 g/mol. The molecular weight excluding hydrogens is 224 g/mol. The number of nitrogens with zero attached hydrogens (tertiary/aromatic N) is 1. The van der Waals surface area contributed by atoms with E-state index in [1.165, 1.54) is 22.2 Å². The van der Waals surface area contributed by atoms with Crippen LogP contribution < -0.4 is 0 Å². The van der Waals surface area contributed by atoms with E-state index in [1.54, 1.807) is 0 Å². The maximum atomic E-state index is 11.6. The number of fused-ring (bicyclic) bond motifs is 5.